The SMILES string of the molecule is Cc1nc2ccccc2n1CC1CCCN1C(=O)CCn1cc[nH]c(=O)c1=O. The smallest absolute Gasteiger partial charge is 0.316 e. The maximum atomic E-state index is 12.8. The number of amides is 1. The molecule has 0 bridgehead atoms. The van der Waals surface area contributed by atoms with Crippen molar-refractivity contribution >= 4 is 16.9 Å². The molecule has 1 saturated heterocycles. The monoisotopic (exact) mass is 381 g/mol. The number of carbonyl (C=O) groups is 1. The number of hydrogen-bond acceptors (Lipinski definition) is 4. The molecule has 8 heteroatoms. The third kappa shape index (κ3) is 3.37. The van der Waals surface area contributed by atoms with Crippen molar-refractivity contribution in [1.82, 2.24) is 24.0 Å². The molecular formula is C20H23N5O3. The summed E-state index contributed by atoms with van der Waals surface area (Å²) in [7, 11) is 0. The quantitative estimate of drug-likeness (QED) is 0.674. The maximum absolute atomic E-state index is 12.8. The van der Waals surface area contributed by atoms with Gasteiger partial charge in [0.1, 0.15) is 5.82 Å². The Morgan fingerprint density at radius 3 is 2.96 bits per heavy atom. The number of nitrogens with zero attached hydrogens (tertiary/aromatic N) is 4. The van der Waals surface area contributed by atoms with Crippen LogP contribution < -0.4 is 11.1 Å². The van der Waals surface area contributed by atoms with Crippen LogP contribution in [0, 0.1) is 6.92 Å². The van der Waals surface area contributed by atoms with Gasteiger partial charge in [-0.2, -0.15) is 0 Å². The zero-order valence-electron chi connectivity index (χ0n) is 15.8. The van der Waals surface area contributed by atoms with E-state index in [1.807, 2.05) is 30.0 Å². The first kappa shape index (κ1) is 18.2. The predicted octanol–water partition coefficient (Wildman–Crippen LogP) is 1.28. The van der Waals surface area contributed by atoms with Crippen LogP contribution in [0.5, 0.6) is 0 Å². The molecule has 1 N–H and O–H groups in total. The molecule has 28 heavy (non-hydrogen) atoms. The highest BCUT2D eigenvalue weighted by Crippen LogP contribution is 2.23. The molecule has 1 aliphatic heterocycles. The summed E-state index contributed by atoms with van der Waals surface area (Å²) in [6, 6.07) is 8.13. The molecule has 0 saturated carbocycles. The largest absolute Gasteiger partial charge is 0.338 e. The Morgan fingerprint density at radius 2 is 2.11 bits per heavy atom. The van der Waals surface area contributed by atoms with Crippen molar-refractivity contribution in [1.29, 1.82) is 0 Å². The molecule has 3 heterocycles. The standard InChI is InChI=1S/C20H23N5O3/c1-14-22-16-6-2-3-7-17(16)25(14)13-15-5-4-10-24(15)18(26)8-11-23-12-9-21-19(27)20(23)28/h2-3,6-7,9,12,15H,4-5,8,10-11,13H2,1H3,(H,21,27). The topological polar surface area (TPSA) is 93.0 Å². The van der Waals surface area contributed by atoms with Gasteiger partial charge < -0.3 is 19.0 Å². The summed E-state index contributed by atoms with van der Waals surface area (Å²) in [5.74, 6) is 0.951. The fraction of sp³-hybridized carbons (Fsp3) is 0.400. The van der Waals surface area contributed by atoms with E-state index < -0.39 is 11.1 Å². The van der Waals surface area contributed by atoms with Crippen LogP contribution >= 0.6 is 0 Å². The highest BCUT2D eigenvalue weighted by Gasteiger charge is 2.29. The molecular weight excluding hydrogens is 358 g/mol. The van der Waals surface area contributed by atoms with E-state index in [1.165, 1.54) is 17.0 Å². The number of hydrogen-bond donors (Lipinski definition) is 1. The summed E-state index contributed by atoms with van der Waals surface area (Å²) in [4.78, 5) is 44.9. The van der Waals surface area contributed by atoms with E-state index in [2.05, 4.69) is 20.6 Å². The Balaban J connectivity index is 1.48. The normalized spacial score (nSPS) is 16.8. The van der Waals surface area contributed by atoms with Crippen LogP contribution in [0.25, 0.3) is 11.0 Å². The van der Waals surface area contributed by atoms with Gasteiger partial charge in [0.05, 0.1) is 11.0 Å². The van der Waals surface area contributed by atoms with Gasteiger partial charge in [-0.15, -0.1) is 0 Å². The Labute approximate surface area is 161 Å². The lowest BCUT2D eigenvalue weighted by atomic mass is 10.2. The van der Waals surface area contributed by atoms with Gasteiger partial charge in [-0.3, -0.25) is 14.4 Å². The van der Waals surface area contributed by atoms with Gasteiger partial charge in [-0.05, 0) is 31.9 Å². The molecule has 0 spiro atoms. The number of carbonyl (C=O) groups excluding carboxylic acids is 1. The fourth-order valence-electron chi connectivity index (χ4n) is 3.99. The van der Waals surface area contributed by atoms with Crippen LogP contribution in [-0.2, 0) is 17.9 Å². The van der Waals surface area contributed by atoms with E-state index in [9.17, 15) is 14.4 Å². The maximum Gasteiger partial charge on any atom is 0.316 e. The summed E-state index contributed by atoms with van der Waals surface area (Å²) in [6.07, 6.45) is 5.03. The Hall–Kier alpha value is -3.16. The first-order valence-electron chi connectivity index (χ1n) is 9.54. The number of aryl methyl sites for hydroxylation is 2. The van der Waals surface area contributed by atoms with Crippen LogP contribution in [0.4, 0.5) is 0 Å². The van der Waals surface area contributed by atoms with Gasteiger partial charge in [0.2, 0.25) is 5.91 Å². The summed E-state index contributed by atoms with van der Waals surface area (Å²) < 4.78 is 3.46. The summed E-state index contributed by atoms with van der Waals surface area (Å²) in [6.45, 7) is 3.63. The number of H-pyrrole nitrogens is 1. The van der Waals surface area contributed by atoms with Crippen molar-refractivity contribution in [3.63, 3.8) is 0 Å². The van der Waals surface area contributed by atoms with Crippen molar-refractivity contribution in [3.8, 4) is 0 Å². The zero-order valence-corrected chi connectivity index (χ0v) is 15.8. The number of nitrogens with one attached hydrogen (secondary N) is 1. The first-order chi connectivity index (χ1) is 13.5. The van der Waals surface area contributed by atoms with Gasteiger partial charge in [0, 0.05) is 44.5 Å². The minimum atomic E-state index is -0.670. The third-order valence-corrected chi connectivity index (χ3v) is 5.43. The van der Waals surface area contributed by atoms with Crippen molar-refractivity contribution < 1.29 is 4.79 Å². The van der Waals surface area contributed by atoms with Crippen molar-refractivity contribution in [2.75, 3.05) is 6.54 Å². The lowest BCUT2D eigenvalue weighted by Gasteiger charge is -2.26. The number of rotatable bonds is 5. The fourth-order valence-corrected chi connectivity index (χ4v) is 3.99. The van der Waals surface area contributed by atoms with Crippen molar-refractivity contribution in [3.05, 3.63) is 63.2 Å². The van der Waals surface area contributed by atoms with E-state index >= 15 is 0 Å². The van der Waals surface area contributed by atoms with E-state index in [1.54, 1.807) is 0 Å². The van der Waals surface area contributed by atoms with Crippen LogP contribution in [0.1, 0.15) is 25.1 Å². The number of likely N-dealkylation sites (tertiary alicyclic amines) is 1. The highest BCUT2D eigenvalue weighted by molar-refractivity contribution is 5.77. The van der Waals surface area contributed by atoms with E-state index in [4.69, 9.17) is 0 Å². The molecule has 1 aromatic carbocycles. The summed E-state index contributed by atoms with van der Waals surface area (Å²) in [5, 5.41) is 0. The lowest BCUT2D eigenvalue weighted by Crippen LogP contribution is -2.40. The van der Waals surface area contributed by atoms with Crippen LogP contribution in [-0.4, -0.2) is 42.5 Å². The molecule has 1 unspecified atom stereocenters. The first-order valence-corrected chi connectivity index (χ1v) is 9.54. The third-order valence-electron chi connectivity index (χ3n) is 5.43. The van der Waals surface area contributed by atoms with E-state index in [-0.39, 0.29) is 24.9 Å². The Bertz CT molecular complexity index is 1130. The molecule has 0 radical (unpaired) electrons. The van der Waals surface area contributed by atoms with Gasteiger partial charge in [-0.25, -0.2) is 4.98 Å². The molecule has 3 aromatic rings. The van der Waals surface area contributed by atoms with Gasteiger partial charge in [-0.1, -0.05) is 12.1 Å². The molecule has 1 fully saturated rings. The predicted molar refractivity (Wildman–Crippen MR) is 105 cm³/mol. The average Bonchev–Trinajstić information content (AvgIpc) is 3.28. The van der Waals surface area contributed by atoms with Gasteiger partial charge in [0.25, 0.3) is 0 Å². The second-order valence-corrected chi connectivity index (χ2v) is 7.18. The number of aromatic nitrogens is 4. The molecule has 4 rings (SSSR count). The summed E-state index contributed by atoms with van der Waals surface area (Å²) in [5.41, 5.74) is 0.740. The van der Waals surface area contributed by atoms with E-state index in [0.29, 0.717) is 6.54 Å². The van der Waals surface area contributed by atoms with Crippen molar-refractivity contribution in [2.24, 2.45) is 0 Å². The lowest BCUT2D eigenvalue weighted by molar-refractivity contribution is -0.132. The van der Waals surface area contributed by atoms with Crippen LogP contribution in [0.15, 0.2) is 46.2 Å². The number of imidazole rings is 1. The van der Waals surface area contributed by atoms with Crippen LogP contribution in [0.3, 0.4) is 0 Å². The minimum Gasteiger partial charge on any atom is -0.338 e. The van der Waals surface area contributed by atoms with Crippen LogP contribution in [0.2, 0.25) is 0 Å². The number of aromatic amines is 1. The molecule has 1 aliphatic rings. The molecule has 1 amide bonds. The summed E-state index contributed by atoms with van der Waals surface area (Å²) >= 11 is 0. The zero-order chi connectivity index (χ0) is 19.7. The number of fused-ring (bicyclic) bond motifs is 1. The average molecular weight is 381 g/mol. The molecule has 0 aliphatic carbocycles. The second kappa shape index (κ2) is 7.46. The Kier molecular flexibility index (Phi) is 4.85. The van der Waals surface area contributed by atoms with Gasteiger partial charge >= 0.3 is 11.1 Å². The van der Waals surface area contributed by atoms with Gasteiger partial charge in [0.15, 0.2) is 0 Å². The minimum absolute atomic E-state index is 0.0109. The number of para-hydroxylation sites is 2. The number of benzene rings is 1. The molecule has 8 nitrogen and oxygen atoms in total. The molecule has 2 aromatic heterocycles. The van der Waals surface area contributed by atoms with E-state index in [0.717, 1.165) is 36.2 Å². The molecule has 146 valence electrons. The second-order valence-electron chi connectivity index (χ2n) is 7.18. The highest BCUT2D eigenvalue weighted by atomic mass is 16.2. The Morgan fingerprint density at radius 1 is 1.29 bits per heavy atom. The van der Waals surface area contributed by atoms with Crippen molar-refractivity contribution in [2.45, 2.75) is 45.3 Å². The molecule has 1 atom stereocenters.